The van der Waals surface area contributed by atoms with Crippen molar-refractivity contribution in [2.45, 2.75) is 31.3 Å². The van der Waals surface area contributed by atoms with Gasteiger partial charge in [0.1, 0.15) is 29.5 Å². The van der Waals surface area contributed by atoms with Gasteiger partial charge in [-0.25, -0.2) is 0 Å². The van der Waals surface area contributed by atoms with Gasteiger partial charge in [0.25, 0.3) is 0 Å². The van der Waals surface area contributed by atoms with Gasteiger partial charge in [0.05, 0.1) is 23.8 Å². The average Bonchev–Trinajstić information content (AvgIpc) is 2.72. The molecule has 0 amide bonds. The van der Waals surface area contributed by atoms with Crippen molar-refractivity contribution in [3.8, 4) is 17.2 Å². The first kappa shape index (κ1) is 20.1. The van der Waals surface area contributed by atoms with Gasteiger partial charge in [0.2, 0.25) is 5.78 Å². The predicted octanol–water partition coefficient (Wildman–Crippen LogP) is 1.22. The van der Waals surface area contributed by atoms with Gasteiger partial charge in [-0.3, -0.25) is 14.4 Å². The summed E-state index contributed by atoms with van der Waals surface area (Å²) < 4.78 is 5.20. The molecular formula is C22H20O8. The molecule has 2 aromatic carbocycles. The van der Waals surface area contributed by atoms with E-state index in [9.17, 15) is 34.8 Å². The van der Waals surface area contributed by atoms with Gasteiger partial charge in [-0.2, -0.15) is 0 Å². The largest absolute Gasteiger partial charge is 0.507 e. The molecule has 2 aliphatic carbocycles. The quantitative estimate of drug-likeness (QED) is 0.471. The number of Topliss-reactive ketones (excluding diaryl/α,β-unsaturated/α-hetero) is 1. The Hall–Kier alpha value is -3.23. The van der Waals surface area contributed by atoms with Gasteiger partial charge < -0.3 is 25.2 Å². The van der Waals surface area contributed by atoms with E-state index in [1.165, 1.54) is 25.3 Å². The molecule has 0 bridgehead atoms. The molecule has 4 rings (SSSR count). The molecule has 0 saturated heterocycles. The summed E-state index contributed by atoms with van der Waals surface area (Å²) in [6, 6.07) is 4.47. The molecule has 4 N–H and O–H groups in total. The monoisotopic (exact) mass is 412 g/mol. The third-order valence-electron chi connectivity index (χ3n) is 6.03. The number of phenolic OH excluding ortho intramolecular Hbond substituents is 2. The van der Waals surface area contributed by atoms with Crippen molar-refractivity contribution >= 4 is 17.3 Å². The minimum atomic E-state index is -1.96. The molecule has 0 aromatic heterocycles. The minimum Gasteiger partial charge on any atom is -0.507 e. The van der Waals surface area contributed by atoms with Crippen molar-refractivity contribution in [1.29, 1.82) is 0 Å². The summed E-state index contributed by atoms with van der Waals surface area (Å²) in [5.74, 6) is -3.64. The first-order chi connectivity index (χ1) is 14.2. The molecule has 0 heterocycles. The molecule has 8 nitrogen and oxygen atoms in total. The number of aliphatic hydroxyl groups excluding tert-OH is 1. The van der Waals surface area contributed by atoms with Crippen molar-refractivity contribution in [3.05, 3.63) is 51.6 Å². The summed E-state index contributed by atoms with van der Waals surface area (Å²) in [5, 5.41) is 41.9. The fourth-order valence-corrected chi connectivity index (χ4v) is 4.66. The standard InChI is InChI=1S/C22H20O8/c1-9-6-22(29,13(24)8-23)7-11-14(9)20(27)17-16(19(11)26)18(25)10-4-3-5-12(30-2)15(10)21(17)28/h3-5,9,23,26-27,29H,6-8H2,1-2H3/t9-,22+/m0/s1. The van der Waals surface area contributed by atoms with E-state index in [4.69, 9.17) is 4.74 Å². The lowest BCUT2D eigenvalue weighted by Gasteiger charge is -2.37. The van der Waals surface area contributed by atoms with E-state index in [0.717, 1.165) is 0 Å². The number of ketones is 3. The predicted molar refractivity (Wildman–Crippen MR) is 103 cm³/mol. The normalized spacial score (nSPS) is 22.2. The highest BCUT2D eigenvalue weighted by Crippen LogP contribution is 2.51. The molecule has 8 heteroatoms. The first-order valence-electron chi connectivity index (χ1n) is 9.39. The second kappa shape index (κ2) is 6.65. The molecule has 2 aromatic rings. The Labute approximate surface area is 171 Å². The summed E-state index contributed by atoms with van der Waals surface area (Å²) in [7, 11) is 1.36. The number of fused-ring (bicyclic) bond motifs is 3. The Morgan fingerprint density at radius 3 is 2.43 bits per heavy atom. The molecule has 0 unspecified atom stereocenters. The number of ether oxygens (including phenoxy) is 1. The Morgan fingerprint density at radius 1 is 1.13 bits per heavy atom. The third kappa shape index (κ3) is 2.50. The van der Waals surface area contributed by atoms with E-state index in [1.54, 1.807) is 6.92 Å². The van der Waals surface area contributed by atoms with Gasteiger partial charge in [0, 0.05) is 23.1 Å². The summed E-state index contributed by atoms with van der Waals surface area (Å²) in [6.45, 7) is 0.726. The summed E-state index contributed by atoms with van der Waals surface area (Å²) in [6.07, 6.45) is -0.515. The number of aromatic hydroxyl groups is 2. The number of carbonyl (C=O) groups excluding carboxylic acids is 3. The van der Waals surface area contributed by atoms with Crippen molar-refractivity contribution in [3.63, 3.8) is 0 Å². The second-order valence-corrected chi connectivity index (χ2v) is 7.78. The number of phenols is 2. The molecule has 0 fully saturated rings. The van der Waals surface area contributed by atoms with E-state index in [2.05, 4.69) is 0 Å². The van der Waals surface area contributed by atoms with Crippen molar-refractivity contribution in [2.24, 2.45) is 0 Å². The Bertz CT molecular complexity index is 1130. The van der Waals surface area contributed by atoms with Gasteiger partial charge in [-0.15, -0.1) is 0 Å². The average molecular weight is 412 g/mol. The highest BCUT2D eigenvalue weighted by Gasteiger charge is 2.47. The molecule has 156 valence electrons. The van der Waals surface area contributed by atoms with Crippen LogP contribution in [0.1, 0.15) is 62.2 Å². The van der Waals surface area contributed by atoms with Gasteiger partial charge >= 0.3 is 0 Å². The highest BCUT2D eigenvalue weighted by molar-refractivity contribution is 6.31. The zero-order valence-corrected chi connectivity index (χ0v) is 16.4. The van der Waals surface area contributed by atoms with Crippen LogP contribution >= 0.6 is 0 Å². The maximum atomic E-state index is 13.2. The maximum absolute atomic E-state index is 13.2. The molecule has 0 spiro atoms. The highest BCUT2D eigenvalue weighted by atomic mass is 16.5. The van der Waals surface area contributed by atoms with Gasteiger partial charge in [-0.05, 0) is 18.4 Å². The van der Waals surface area contributed by atoms with Crippen LogP contribution in [0.2, 0.25) is 0 Å². The SMILES string of the molecule is COc1cccc2c1C(=O)c1c(O)c3c(c(O)c1C2=O)C[C@@](O)(C(=O)CO)C[C@@H]3C. The lowest BCUT2D eigenvalue weighted by molar-refractivity contribution is -0.142. The molecular weight excluding hydrogens is 392 g/mol. The molecule has 0 saturated carbocycles. The van der Waals surface area contributed by atoms with Crippen molar-refractivity contribution < 1.29 is 39.5 Å². The van der Waals surface area contributed by atoms with Crippen LogP contribution in [0.15, 0.2) is 18.2 Å². The smallest absolute Gasteiger partial charge is 0.202 e. The molecule has 0 radical (unpaired) electrons. The fourth-order valence-electron chi connectivity index (χ4n) is 4.66. The van der Waals surface area contributed by atoms with E-state index >= 15 is 0 Å². The molecule has 2 aliphatic rings. The van der Waals surface area contributed by atoms with Gasteiger partial charge in [-0.1, -0.05) is 19.1 Å². The van der Waals surface area contributed by atoms with Crippen LogP contribution in [0.4, 0.5) is 0 Å². The van der Waals surface area contributed by atoms with Crippen LogP contribution in [-0.4, -0.2) is 57.1 Å². The van der Waals surface area contributed by atoms with Gasteiger partial charge in [0.15, 0.2) is 11.6 Å². The van der Waals surface area contributed by atoms with Crippen LogP contribution in [0.25, 0.3) is 0 Å². The van der Waals surface area contributed by atoms with E-state index in [1.807, 2.05) is 0 Å². The first-order valence-corrected chi connectivity index (χ1v) is 9.39. The van der Waals surface area contributed by atoms with Crippen LogP contribution in [0.3, 0.4) is 0 Å². The summed E-state index contributed by atoms with van der Waals surface area (Å²) in [5.41, 5.74) is -2.41. The summed E-state index contributed by atoms with van der Waals surface area (Å²) >= 11 is 0. The minimum absolute atomic E-state index is 0.00238. The number of aliphatic hydroxyl groups is 2. The van der Waals surface area contributed by atoms with Crippen LogP contribution in [0.5, 0.6) is 17.2 Å². The number of carbonyl (C=O) groups is 3. The Balaban J connectivity index is 2.01. The number of hydrogen-bond donors (Lipinski definition) is 4. The molecule has 30 heavy (non-hydrogen) atoms. The van der Waals surface area contributed by atoms with Crippen molar-refractivity contribution in [2.75, 3.05) is 13.7 Å². The van der Waals surface area contributed by atoms with E-state index in [-0.39, 0.29) is 45.6 Å². The molecule has 2 atom stereocenters. The Kier molecular flexibility index (Phi) is 4.44. The lowest BCUT2D eigenvalue weighted by Crippen LogP contribution is -2.46. The van der Waals surface area contributed by atoms with Crippen molar-refractivity contribution in [1.82, 2.24) is 0 Å². The zero-order valence-electron chi connectivity index (χ0n) is 16.4. The van der Waals surface area contributed by atoms with Crippen LogP contribution in [-0.2, 0) is 11.2 Å². The second-order valence-electron chi connectivity index (χ2n) is 7.78. The van der Waals surface area contributed by atoms with Crippen LogP contribution in [0, 0.1) is 0 Å². The number of hydrogen-bond acceptors (Lipinski definition) is 8. The number of methoxy groups -OCH3 is 1. The number of benzene rings is 2. The fraction of sp³-hybridized carbons (Fsp3) is 0.318. The summed E-state index contributed by atoms with van der Waals surface area (Å²) in [4.78, 5) is 38.5. The Morgan fingerprint density at radius 2 is 1.80 bits per heavy atom. The maximum Gasteiger partial charge on any atom is 0.202 e. The lowest BCUT2D eigenvalue weighted by atomic mass is 9.69. The molecule has 0 aliphatic heterocycles. The van der Waals surface area contributed by atoms with Crippen LogP contribution < -0.4 is 4.74 Å². The van der Waals surface area contributed by atoms with E-state index < -0.39 is 53.4 Å². The number of rotatable bonds is 3. The zero-order chi connectivity index (χ0) is 22.0. The topological polar surface area (TPSA) is 141 Å². The van der Waals surface area contributed by atoms with E-state index in [0.29, 0.717) is 0 Å². The third-order valence-corrected chi connectivity index (χ3v) is 6.03.